The van der Waals surface area contributed by atoms with Crippen molar-refractivity contribution in [1.82, 2.24) is 24.3 Å². The normalized spacial score (nSPS) is 22.9. The van der Waals surface area contributed by atoms with Crippen molar-refractivity contribution in [3.05, 3.63) is 72.7 Å². The number of hydrogen-bond donors (Lipinski definition) is 1. The molecule has 35 heavy (non-hydrogen) atoms. The lowest BCUT2D eigenvalue weighted by Gasteiger charge is -2.42. The van der Waals surface area contributed by atoms with Gasteiger partial charge in [0.05, 0.1) is 5.69 Å². The minimum atomic E-state index is 0.155. The number of fused-ring (bicyclic) bond motifs is 3. The van der Waals surface area contributed by atoms with Gasteiger partial charge in [-0.15, -0.1) is 0 Å². The van der Waals surface area contributed by atoms with Gasteiger partial charge in [0.15, 0.2) is 0 Å². The summed E-state index contributed by atoms with van der Waals surface area (Å²) in [4.78, 5) is 19.6. The molecule has 1 aromatic carbocycles. The Morgan fingerprint density at radius 3 is 2.60 bits per heavy atom. The SMILES string of the molecule is CC(Nc1cc(-c2cc3nccn3c(N3C[C@@H]4C[C@H]3[C@H](C)N4C(C)C)n2)ccn1)c1ccccc1. The van der Waals surface area contributed by atoms with E-state index >= 15 is 0 Å². The average Bonchev–Trinajstić information content (AvgIpc) is 3.58. The Labute approximate surface area is 206 Å². The highest BCUT2D eigenvalue weighted by atomic mass is 15.4. The monoisotopic (exact) mass is 467 g/mol. The van der Waals surface area contributed by atoms with Crippen LogP contribution in [0.4, 0.5) is 11.8 Å². The molecule has 2 aliphatic heterocycles. The summed E-state index contributed by atoms with van der Waals surface area (Å²) in [5, 5.41) is 3.54. The first-order valence-electron chi connectivity index (χ1n) is 12.7. The molecule has 180 valence electrons. The van der Waals surface area contributed by atoms with Crippen LogP contribution in [0.2, 0.25) is 0 Å². The summed E-state index contributed by atoms with van der Waals surface area (Å²) in [6.45, 7) is 10.1. The zero-order chi connectivity index (χ0) is 24.1. The minimum absolute atomic E-state index is 0.155. The van der Waals surface area contributed by atoms with Crippen LogP contribution in [0.15, 0.2) is 67.1 Å². The first-order chi connectivity index (χ1) is 17.0. The van der Waals surface area contributed by atoms with Gasteiger partial charge in [-0.3, -0.25) is 9.30 Å². The topological polar surface area (TPSA) is 61.6 Å². The number of rotatable bonds is 6. The quantitative estimate of drug-likeness (QED) is 0.429. The van der Waals surface area contributed by atoms with E-state index in [-0.39, 0.29) is 6.04 Å². The number of aromatic nitrogens is 4. The van der Waals surface area contributed by atoms with Crippen LogP contribution >= 0.6 is 0 Å². The number of imidazole rings is 1. The average molecular weight is 468 g/mol. The standard InChI is InChI=1S/C28H33N7/c1-18(2)35-20(4)25-15-23(35)17-34(25)28-32-24(16-27-30-12-13-33(27)28)22-10-11-29-26(14-22)31-19(3)21-8-6-5-7-9-21/h5-14,16,18-20,23,25H,15,17H2,1-4H3,(H,29,31)/t19?,20-,23-,25-/m0/s1. The number of hydrogen-bond acceptors (Lipinski definition) is 6. The van der Waals surface area contributed by atoms with Gasteiger partial charge < -0.3 is 10.2 Å². The van der Waals surface area contributed by atoms with Crippen LogP contribution in [-0.2, 0) is 0 Å². The van der Waals surface area contributed by atoms with E-state index in [1.165, 1.54) is 12.0 Å². The fraction of sp³-hybridized carbons (Fsp3) is 0.393. The Morgan fingerprint density at radius 1 is 1.00 bits per heavy atom. The Hall–Kier alpha value is -3.45. The second kappa shape index (κ2) is 8.64. The molecule has 7 nitrogen and oxygen atoms in total. The van der Waals surface area contributed by atoms with Crippen molar-refractivity contribution in [3.8, 4) is 11.3 Å². The number of nitrogens with zero attached hydrogens (tertiary/aromatic N) is 6. The molecular formula is C28H33N7. The first kappa shape index (κ1) is 22.0. The summed E-state index contributed by atoms with van der Waals surface area (Å²) in [5.41, 5.74) is 4.11. The molecule has 0 amide bonds. The number of pyridine rings is 1. The third-order valence-electron chi connectivity index (χ3n) is 7.71. The molecule has 6 rings (SSSR count). The largest absolute Gasteiger partial charge is 0.364 e. The molecule has 0 radical (unpaired) electrons. The van der Waals surface area contributed by atoms with Crippen molar-refractivity contribution in [3.63, 3.8) is 0 Å². The van der Waals surface area contributed by atoms with Gasteiger partial charge in [0.2, 0.25) is 5.95 Å². The van der Waals surface area contributed by atoms with Gasteiger partial charge in [0.25, 0.3) is 0 Å². The van der Waals surface area contributed by atoms with E-state index in [1.54, 1.807) is 0 Å². The van der Waals surface area contributed by atoms with E-state index in [9.17, 15) is 0 Å². The maximum atomic E-state index is 5.20. The summed E-state index contributed by atoms with van der Waals surface area (Å²) in [5.74, 6) is 1.83. The molecule has 0 saturated carbocycles. The van der Waals surface area contributed by atoms with Crippen molar-refractivity contribution in [2.75, 3.05) is 16.8 Å². The molecular weight excluding hydrogens is 434 g/mol. The molecule has 3 aromatic heterocycles. The van der Waals surface area contributed by atoms with Crippen LogP contribution in [0.1, 0.15) is 45.7 Å². The molecule has 4 aromatic rings. The molecule has 5 heterocycles. The van der Waals surface area contributed by atoms with Crippen LogP contribution in [0, 0.1) is 0 Å². The third-order valence-corrected chi connectivity index (χ3v) is 7.71. The number of likely N-dealkylation sites (tertiary alicyclic amines) is 1. The summed E-state index contributed by atoms with van der Waals surface area (Å²) in [7, 11) is 0. The highest BCUT2D eigenvalue weighted by Crippen LogP contribution is 2.40. The number of benzene rings is 1. The van der Waals surface area contributed by atoms with Crippen molar-refractivity contribution in [1.29, 1.82) is 0 Å². The molecule has 0 spiro atoms. The minimum Gasteiger partial charge on any atom is -0.364 e. The van der Waals surface area contributed by atoms with Gasteiger partial charge >= 0.3 is 0 Å². The zero-order valence-electron chi connectivity index (χ0n) is 20.8. The molecule has 2 saturated heterocycles. The van der Waals surface area contributed by atoms with Gasteiger partial charge in [-0.2, -0.15) is 0 Å². The highest BCUT2D eigenvalue weighted by molar-refractivity contribution is 5.69. The zero-order valence-corrected chi connectivity index (χ0v) is 20.8. The van der Waals surface area contributed by atoms with Crippen LogP contribution in [0.25, 0.3) is 16.9 Å². The predicted octanol–water partition coefficient (Wildman–Crippen LogP) is 5.02. The van der Waals surface area contributed by atoms with Crippen LogP contribution < -0.4 is 10.2 Å². The van der Waals surface area contributed by atoms with Gasteiger partial charge in [-0.1, -0.05) is 30.3 Å². The third kappa shape index (κ3) is 3.84. The van der Waals surface area contributed by atoms with E-state index in [2.05, 4.69) is 93.6 Å². The van der Waals surface area contributed by atoms with Crippen molar-refractivity contribution >= 4 is 17.4 Å². The Bertz CT molecular complexity index is 1330. The Balaban J connectivity index is 1.33. The fourth-order valence-electron chi connectivity index (χ4n) is 6.14. The molecule has 2 fully saturated rings. The molecule has 0 aliphatic carbocycles. The molecule has 7 heteroatoms. The van der Waals surface area contributed by atoms with Gasteiger partial charge in [-0.25, -0.2) is 15.0 Å². The molecule has 1 unspecified atom stereocenters. The number of piperazine rings is 1. The van der Waals surface area contributed by atoms with Gasteiger partial charge in [-0.05, 0) is 51.8 Å². The maximum Gasteiger partial charge on any atom is 0.212 e. The highest BCUT2D eigenvalue weighted by Gasteiger charge is 2.50. The van der Waals surface area contributed by atoms with Crippen molar-refractivity contribution < 1.29 is 0 Å². The van der Waals surface area contributed by atoms with Crippen LogP contribution in [0.5, 0.6) is 0 Å². The summed E-state index contributed by atoms with van der Waals surface area (Å²) < 4.78 is 2.13. The van der Waals surface area contributed by atoms with E-state index in [0.29, 0.717) is 24.2 Å². The van der Waals surface area contributed by atoms with E-state index in [4.69, 9.17) is 4.98 Å². The van der Waals surface area contributed by atoms with Gasteiger partial charge in [0, 0.05) is 67.0 Å². The van der Waals surface area contributed by atoms with Crippen LogP contribution in [0.3, 0.4) is 0 Å². The van der Waals surface area contributed by atoms with E-state index in [0.717, 1.165) is 35.2 Å². The smallest absolute Gasteiger partial charge is 0.212 e. The second-order valence-corrected chi connectivity index (χ2v) is 10.2. The summed E-state index contributed by atoms with van der Waals surface area (Å²) in [6.07, 6.45) is 6.94. The predicted molar refractivity (Wildman–Crippen MR) is 141 cm³/mol. The number of nitrogens with one attached hydrogen (secondary N) is 1. The maximum absolute atomic E-state index is 5.20. The lowest BCUT2D eigenvalue weighted by atomic mass is 10.1. The van der Waals surface area contributed by atoms with Gasteiger partial charge in [0.1, 0.15) is 11.5 Å². The van der Waals surface area contributed by atoms with Crippen LogP contribution in [-0.4, -0.2) is 55.0 Å². The fourth-order valence-corrected chi connectivity index (χ4v) is 6.14. The van der Waals surface area contributed by atoms with Crippen molar-refractivity contribution in [2.24, 2.45) is 0 Å². The molecule has 1 N–H and O–H groups in total. The lowest BCUT2D eigenvalue weighted by molar-refractivity contribution is 0.137. The molecule has 2 bridgehead atoms. The summed E-state index contributed by atoms with van der Waals surface area (Å²) >= 11 is 0. The van der Waals surface area contributed by atoms with E-state index < -0.39 is 0 Å². The summed E-state index contributed by atoms with van der Waals surface area (Å²) in [6, 6.07) is 18.9. The van der Waals surface area contributed by atoms with E-state index in [1.807, 2.05) is 30.7 Å². The number of anilines is 2. The molecule has 4 atom stereocenters. The second-order valence-electron chi connectivity index (χ2n) is 10.2. The first-order valence-corrected chi connectivity index (χ1v) is 12.7. The molecule has 2 aliphatic rings. The Morgan fingerprint density at radius 2 is 1.83 bits per heavy atom. The Kier molecular flexibility index (Phi) is 5.44. The lowest BCUT2D eigenvalue weighted by Crippen LogP contribution is -2.54. The van der Waals surface area contributed by atoms with Crippen molar-refractivity contribution in [2.45, 2.75) is 64.3 Å².